The standard InChI is InChI=1S/C15H18N2O4/c18-14(17-5-6-21-9-13(17)15(19)20)7-10-8-16-12-4-2-1-3-11(10)12/h1-4,10,13,16H,5-9H2,(H,19,20). The van der Waals surface area contributed by atoms with E-state index in [0.29, 0.717) is 26.1 Å². The molecule has 0 bridgehead atoms. The number of rotatable bonds is 3. The number of carbonyl (C=O) groups is 2. The van der Waals surface area contributed by atoms with Crippen LogP contribution in [0.5, 0.6) is 0 Å². The lowest BCUT2D eigenvalue weighted by atomic mass is 9.97. The van der Waals surface area contributed by atoms with Crippen LogP contribution >= 0.6 is 0 Å². The molecule has 0 radical (unpaired) electrons. The fourth-order valence-corrected chi connectivity index (χ4v) is 2.97. The van der Waals surface area contributed by atoms with Crippen LogP contribution in [0, 0.1) is 0 Å². The van der Waals surface area contributed by atoms with Crippen molar-refractivity contribution < 1.29 is 19.4 Å². The number of para-hydroxylation sites is 1. The lowest BCUT2D eigenvalue weighted by molar-refractivity contribution is -0.158. The van der Waals surface area contributed by atoms with Gasteiger partial charge in [-0.2, -0.15) is 0 Å². The van der Waals surface area contributed by atoms with E-state index in [0.717, 1.165) is 11.3 Å². The zero-order chi connectivity index (χ0) is 14.8. The van der Waals surface area contributed by atoms with Gasteiger partial charge in [0, 0.05) is 31.1 Å². The second-order valence-electron chi connectivity index (χ2n) is 5.39. The van der Waals surface area contributed by atoms with Crippen LogP contribution in [0.15, 0.2) is 24.3 Å². The van der Waals surface area contributed by atoms with Gasteiger partial charge < -0.3 is 20.1 Å². The number of fused-ring (bicyclic) bond motifs is 1. The minimum Gasteiger partial charge on any atom is -0.480 e. The average molecular weight is 290 g/mol. The molecule has 0 spiro atoms. The van der Waals surface area contributed by atoms with Crippen molar-refractivity contribution in [3.63, 3.8) is 0 Å². The highest BCUT2D eigenvalue weighted by Crippen LogP contribution is 2.33. The first kappa shape index (κ1) is 13.9. The largest absolute Gasteiger partial charge is 0.480 e. The number of carbonyl (C=O) groups excluding carboxylic acids is 1. The van der Waals surface area contributed by atoms with Crippen molar-refractivity contribution in [2.45, 2.75) is 18.4 Å². The van der Waals surface area contributed by atoms with E-state index in [-0.39, 0.29) is 18.4 Å². The molecule has 2 unspecified atom stereocenters. The summed E-state index contributed by atoms with van der Waals surface area (Å²) in [5.41, 5.74) is 2.19. The molecule has 2 N–H and O–H groups in total. The van der Waals surface area contributed by atoms with E-state index in [9.17, 15) is 14.7 Å². The predicted molar refractivity (Wildman–Crippen MR) is 76.2 cm³/mol. The number of nitrogens with one attached hydrogen (secondary N) is 1. The second kappa shape index (κ2) is 5.73. The SMILES string of the molecule is O=C(O)C1COCCN1C(=O)CC1CNc2ccccc21. The van der Waals surface area contributed by atoms with Crippen molar-refractivity contribution in [1.82, 2.24) is 4.90 Å². The van der Waals surface area contributed by atoms with Gasteiger partial charge in [-0.15, -0.1) is 0 Å². The summed E-state index contributed by atoms with van der Waals surface area (Å²) in [5, 5.41) is 12.5. The number of ether oxygens (including phenoxy) is 1. The van der Waals surface area contributed by atoms with Gasteiger partial charge in [-0.25, -0.2) is 4.79 Å². The van der Waals surface area contributed by atoms with Crippen LogP contribution < -0.4 is 5.32 Å². The zero-order valence-electron chi connectivity index (χ0n) is 11.6. The lowest BCUT2D eigenvalue weighted by Gasteiger charge is -2.33. The summed E-state index contributed by atoms with van der Waals surface area (Å²) in [6.07, 6.45) is 0.327. The van der Waals surface area contributed by atoms with Gasteiger partial charge in [0.2, 0.25) is 5.91 Å². The molecular weight excluding hydrogens is 272 g/mol. The average Bonchev–Trinajstić information content (AvgIpc) is 2.90. The molecule has 2 aliphatic rings. The fourth-order valence-electron chi connectivity index (χ4n) is 2.97. The number of morpholine rings is 1. The maximum atomic E-state index is 12.5. The summed E-state index contributed by atoms with van der Waals surface area (Å²) in [6.45, 7) is 1.53. The summed E-state index contributed by atoms with van der Waals surface area (Å²) >= 11 is 0. The highest BCUT2D eigenvalue weighted by atomic mass is 16.5. The monoisotopic (exact) mass is 290 g/mol. The zero-order valence-corrected chi connectivity index (χ0v) is 11.6. The van der Waals surface area contributed by atoms with Crippen LogP contribution in [0.2, 0.25) is 0 Å². The first-order valence-corrected chi connectivity index (χ1v) is 7.09. The van der Waals surface area contributed by atoms with Gasteiger partial charge in [0.05, 0.1) is 13.2 Å². The number of amides is 1. The van der Waals surface area contributed by atoms with E-state index in [1.807, 2.05) is 24.3 Å². The van der Waals surface area contributed by atoms with Crippen molar-refractivity contribution >= 4 is 17.6 Å². The summed E-state index contributed by atoms with van der Waals surface area (Å²) in [7, 11) is 0. The van der Waals surface area contributed by atoms with Crippen molar-refractivity contribution in [3.05, 3.63) is 29.8 Å². The number of hydrogen-bond donors (Lipinski definition) is 2. The van der Waals surface area contributed by atoms with Crippen LogP contribution in [-0.4, -0.2) is 54.2 Å². The van der Waals surface area contributed by atoms with Gasteiger partial charge in [-0.05, 0) is 11.6 Å². The Morgan fingerprint density at radius 3 is 3.00 bits per heavy atom. The third-order valence-electron chi connectivity index (χ3n) is 4.09. The smallest absolute Gasteiger partial charge is 0.328 e. The number of hydrogen-bond acceptors (Lipinski definition) is 4. The second-order valence-corrected chi connectivity index (χ2v) is 5.39. The van der Waals surface area contributed by atoms with Gasteiger partial charge in [-0.1, -0.05) is 18.2 Å². The highest BCUT2D eigenvalue weighted by molar-refractivity contribution is 5.85. The summed E-state index contributed by atoms with van der Waals surface area (Å²) < 4.78 is 5.16. The molecule has 0 aromatic heterocycles. The normalized spacial score (nSPS) is 24.3. The molecule has 2 heterocycles. The topological polar surface area (TPSA) is 78.9 Å². The molecule has 1 aromatic rings. The van der Waals surface area contributed by atoms with Gasteiger partial charge in [-0.3, -0.25) is 4.79 Å². The van der Waals surface area contributed by atoms with Gasteiger partial charge in [0.1, 0.15) is 0 Å². The molecule has 6 nitrogen and oxygen atoms in total. The van der Waals surface area contributed by atoms with Crippen LogP contribution in [0.25, 0.3) is 0 Å². The minimum atomic E-state index is -1.01. The maximum Gasteiger partial charge on any atom is 0.328 e. The molecule has 2 atom stereocenters. The van der Waals surface area contributed by atoms with Crippen LogP contribution in [0.1, 0.15) is 17.9 Å². The molecule has 0 aliphatic carbocycles. The van der Waals surface area contributed by atoms with Gasteiger partial charge in [0.25, 0.3) is 0 Å². The lowest BCUT2D eigenvalue weighted by Crippen LogP contribution is -2.52. The Bertz CT molecular complexity index is 560. The molecular formula is C15H18N2O4. The number of aliphatic carboxylic acids is 1. The highest BCUT2D eigenvalue weighted by Gasteiger charge is 2.34. The van der Waals surface area contributed by atoms with E-state index in [1.165, 1.54) is 4.90 Å². The number of anilines is 1. The molecule has 0 saturated carbocycles. The minimum absolute atomic E-state index is 0.0700. The Morgan fingerprint density at radius 2 is 2.19 bits per heavy atom. The van der Waals surface area contributed by atoms with Crippen LogP contribution in [0.4, 0.5) is 5.69 Å². The van der Waals surface area contributed by atoms with Crippen molar-refractivity contribution in [2.75, 3.05) is 31.6 Å². The van der Waals surface area contributed by atoms with Crippen LogP contribution in [0.3, 0.4) is 0 Å². The molecule has 1 aromatic carbocycles. The summed E-state index contributed by atoms with van der Waals surface area (Å²) in [4.78, 5) is 25.1. The Kier molecular flexibility index (Phi) is 3.79. The van der Waals surface area contributed by atoms with E-state index >= 15 is 0 Å². The van der Waals surface area contributed by atoms with Gasteiger partial charge in [0.15, 0.2) is 6.04 Å². The first-order chi connectivity index (χ1) is 10.2. The van der Waals surface area contributed by atoms with E-state index in [1.54, 1.807) is 0 Å². The number of carboxylic acid groups (broad SMARTS) is 1. The molecule has 1 fully saturated rings. The van der Waals surface area contributed by atoms with E-state index < -0.39 is 12.0 Å². The summed E-state index contributed by atoms with van der Waals surface area (Å²) in [6, 6.07) is 7.06. The quantitative estimate of drug-likeness (QED) is 0.864. The van der Waals surface area contributed by atoms with Crippen LogP contribution in [-0.2, 0) is 14.3 Å². The number of carboxylic acids is 1. The molecule has 3 rings (SSSR count). The fraction of sp³-hybridized carbons (Fsp3) is 0.467. The summed E-state index contributed by atoms with van der Waals surface area (Å²) in [5.74, 6) is -1.02. The van der Waals surface area contributed by atoms with Crippen molar-refractivity contribution in [1.29, 1.82) is 0 Å². The molecule has 1 amide bonds. The van der Waals surface area contributed by atoms with Gasteiger partial charge >= 0.3 is 5.97 Å². The first-order valence-electron chi connectivity index (χ1n) is 7.09. The van der Waals surface area contributed by atoms with E-state index in [2.05, 4.69) is 5.32 Å². The number of benzene rings is 1. The third kappa shape index (κ3) is 2.71. The predicted octanol–water partition coefficient (Wildman–Crippen LogP) is 0.898. The molecule has 21 heavy (non-hydrogen) atoms. The number of nitrogens with zero attached hydrogens (tertiary/aromatic N) is 1. The molecule has 112 valence electrons. The van der Waals surface area contributed by atoms with E-state index in [4.69, 9.17) is 4.74 Å². The molecule has 1 saturated heterocycles. The molecule has 2 aliphatic heterocycles. The Labute approximate surface area is 122 Å². The Hall–Kier alpha value is -2.08. The maximum absolute atomic E-state index is 12.5. The van der Waals surface area contributed by atoms with Crippen molar-refractivity contribution in [2.24, 2.45) is 0 Å². The Balaban J connectivity index is 1.70. The van der Waals surface area contributed by atoms with Crippen molar-refractivity contribution in [3.8, 4) is 0 Å². The third-order valence-corrected chi connectivity index (χ3v) is 4.09. The molecule has 6 heteroatoms. The Morgan fingerprint density at radius 1 is 1.38 bits per heavy atom.